The van der Waals surface area contributed by atoms with E-state index in [9.17, 15) is 13.2 Å². The Kier molecular flexibility index (Phi) is 5.93. The average Bonchev–Trinajstić information content (AvgIpc) is 3.00. The molecule has 0 bridgehead atoms. The first-order valence-corrected chi connectivity index (χ1v) is 10.6. The van der Waals surface area contributed by atoms with E-state index in [4.69, 9.17) is 0 Å². The molecule has 1 aromatic heterocycles. The normalized spacial score (nSPS) is 21.3. The summed E-state index contributed by atoms with van der Waals surface area (Å²) in [5.41, 5.74) is 3.23. The molecule has 0 unspecified atom stereocenters. The van der Waals surface area contributed by atoms with Crippen LogP contribution in [0.5, 0.6) is 0 Å². The molecule has 1 aromatic rings. The fraction of sp³-hybridized carbons (Fsp3) is 0.765. The Morgan fingerprint density at radius 2 is 1.92 bits per heavy atom. The summed E-state index contributed by atoms with van der Waals surface area (Å²) in [6.07, 6.45) is 1.54. The Hall–Kier alpha value is -1.41. The Morgan fingerprint density at radius 1 is 1.28 bits per heavy atom. The molecule has 0 aromatic carbocycles. The van der Waals surface area contributed by atoms with Gasteiger partial charge in [0.1, 0.15) is 0 Å². The molecule has 1 amide bonds. The zero-order chi connectivity index (χ0) is 18.9. The second-order valence-corrected chi connectivity index (χ2v) is 9.25. The molecular formula is C17H30N4O3S. The minimum Gasteiger partial charge on any atom is -0.341 e. The monoisotopic (exact) mass is 370 g/mol. The predicted octanol–water partition coefficient (Wildman–Crippen LogP) is 1.23. The first kappa shape index (κ1) is 19.9. The maximum Gasteiger partial charge on any atom is 0.224 e. The lowest BCUT2D eigenvalue weighted by Crippen LogP contribution is -2.41. The summed E-state index contributed by atoms with van der Waals surface area (Å²) in [5, 5.41) is 4.47. The van der Waals surface area contributed by atoms with Crippen molar-refractivity contribution in [2.45, 2.75) is 53.6 Å². The SMILES string of the molecule is Cc1nn(CCC(=O)N2C[C@@H](NS(C)(=O)=O)[C@H](C(C)C)C2)c(C)c1C. The number of sulfonamides is 1. The van der Waals surface area contributed by atoms with Gasteiger partial charge in [0.25, 0.3) is 0 Å². The average molecular weight is 371 g/mol. The zero-order valence-electron chi connectivity index (χ0n) is 16.0. The molecular weight excluding hydrogens is 340 g/mol. The van der Waals surface area contributed by atoms with Crippen LogP contribution in [-0.4, -0.2) is 54.4 Å². The van der Waals surface area contributed by atoms with Crippen molar-refractivity contribution in [1.29, 1.82) is 0 Å². The molecule has 0 aliphatic carbocycles. The van der Waals surface area contributed by atoms with Crippen molar-refractivity contribution >= 4 is 15.9 Å². The molecule has 8 heteroatoms. The summed E-state index contributed by atoms with van der Waals surface area (Å²) in [6.45, 7) is 11.7. The minimum absolute atomic E-state index is 0.0497. The summed E-state index contributed by atoms with van der Waals surface area (Å²) in [6, 6.07) is -0.213. The third-order valence-electron chi connectivity index (χ3n) is 5.22. The lowest BCUT2D eigenvalue weighted by atomic mass is 9.92. The maximum absolute atomic E-state index is 12.6. The molecule has 1 aliphatic heterocycles. The maximum atomic E-state index is 12.6. The van der Waals surface area contributed by atoms with Crippen LogP contribution in [0.1, 0.15) is 37.2 Å². The van der Waals surface area contributed by atoms with E-state index in [2.05, 4.69) is 23.7 Å². The van der Waals surface area contributed by atoms with Crippen molar-refractivity contribution in [2.75, 3.05) is 19.3 Å². The first-order chi connectivity index (χ1) is 11.5. The van der Waals surface area contributed by atoms with Crippen molar-refractivity contribution < 1.29 is 13.2 Å². The van der Waals surface area contributed by atoms with Crippen molar-refractivity contribution in [1.82, 2.24) is 19.4 Å². The molecule has 1 saturated heterocycles. The minimum atomic E-state index is -3.29. The van der Waals surface area contributed by atoms with Crippen LogP contribution in [-0.2, 0) is 21.4 Å². The third kappa shape index (κ3) is 4.82. The lowest BCUT2D eigenvalue weighted by molar-refractivity contribution is -0.130. The fourth-order valence-electron chi connectivity index (χ4n) is 3.47. The van der Waals surface area contributed by atoms with E-state index in [1.807, 2.05) is 25.5 Å². The number of amides is 1. The number of carbonyl (C=O) groups excluding carboxylic acids is 1. The van der Waals surface area contributed by atoms with Gasteiger partial charge in [-0.15, -0.1) is 0 Å². The largest absolute Gasteiger partial charge is 0.341 e. The highest BCUT2D eigenvalue weighted by molar-refractivity contribution is 7.88. The smallest absolute Gasteiger partial charge is 0.224 e. The van der Waals surface area contributed by atoms with E-state index < -0.39 is 10.0 Å². The van der Waals surface area contributed by atoms with Gasteiger partial charge in [-0.3, -0.25) is 9.48 Å². The van der Waals surface area contributed by atoms with Crippen LogP contribution in [0.3, 0.4) is 0 Å². The Morgan fingerprint density at radius 3 is 2.40 bits per heavy atom. The van der Waals surface area contributed by atoms with Gasteiger partial charge in [-0.05, 0) is 38.2 Å². The number of nitrogens with one attached hydrogen (secondary N) is 1. The molecule has 25 heavy (non-hydrogen) atoms. The predicted molar refractivity (Wildman–Crippen MR) is 97.7 cm³/mol. The highest BCUT2D eigenvalue weighted by Crippen LogP contribution is 2.25. The molecule has 2 heterocycles. The van der Waals surface area contributed by atoms with Gasteiger partial charge in [-0.25, -0.2) is 13.1 Å². The Bertz CT molecular complexity index is 739. The molecule has 2 rings (SSSR count). The van der Waals surface area contributed by atoms with E-state index in [0.717, 1.165) is 17.0 Å². The van der Waals surface area contributed by atoms with Crippen LogP contribution in [0.2, 0.25) is 0 Å². The number of aromatic nitrogens is 2. The summed E-state index contributed by atoms with van der Waals surface area (Å²) in [4.78, 5) is 14.4. The molecule has 0 spiro atoms. The van der Waals surface area contributed by atoms with Crippen LogP contribution in [0.15, 0.2) is 0 Å². The van der Waals surface area contributed by atoms with Crippen LogP contribution < -0.4 is 4.72 Å². The second-order valence-electron chi connectivity index (χ2n) is 7.47. The van der Waals surface area contributed by atoms with E-state index in [0.29, 0.717) is 32.0 Å². The second kappa shape index (κ2) is 7.45. The van der Waals surface area contributed by atoms with Crippen molar-refractivity contribution in [3.63, 3.8) is 0 Å². The Balaban J connectivity index is 2.00. The van der Waals surface area contributed by atoms with E-state index in [-0.39, 0.29) is 17.9 Å². The van der Waals surface area contributed by atoms with Gasteiger partial charge in [-0.1, -0.05) is 13.8 Å². The van der Waals surface area contributed by atoms with Crippen molar-refractivity contribution in [3.05, 3.63) is 17.0 Å². The lowest BCUT2D eigenvalue weighted by Gasteiger charge is -2.21. The molecule has 0 radical (unpaired) electrons. The quantitative estimate of drug-likeness (QED) is 0.816. The molecule has 142 valence electrons. The number of likely N-dealkylation sites (tertiary alicyclic amines) is 1. The van der Waals surface area contributed by atoms with Gasteiger partial charge in [0.15, 0.2) is 0 Å². The van der Waals surface area contributed by atoms with Crippen LogP contribution in [0, 0.1) is 32.6 Å². The van der Waals surface area contributed by atoms with Gasteiger partial charge < -0.3 is 4.90 Å². The van der Waals surface area contributed by atoms with Crippen molar-refractivity contribution in [3.8, 4) is 0 Å². The molecule has 1 fully saturated rings. The van der Waals surface area contributed by atoms with Crippen LogP contribution in [0.4, 0.5) is 0 Å². The number of hydrogen-bond donors (Lipinski definition) is 1. The molecule has 7 nitrogen and oxygen atoms in total. The molecule has 0 saturated carbocycles. The van der Waals surface area contributed by atoms with Gasteiger partial charge in [0, 0.05) is 37.8 Å². The highest BCUT2D eigenvalue weighted by Gasteiger charge is 2.38. The fourth-order valence-corrected chi connectivity index (χ4v) is 4.27. The summed E-state index contributed by atoms with van der Waals surface area (Å²) in [5.74, 6) is 0.485. The van der Waals surface area contributed by atoms with Crippen LogP contribution in [0.25, 0.3) is 0 Å². The number of aryl methyl sites for hydroxylation is 2. The summed E-state index contributed by atoms with van der Waals surface area (Å²) in [7, 11) is -3.29. The first-order valence-electron chi connectivity index (χ1n) is 8.75. The topological polar surface area (TPSA) is 84.3 Å². The summed E-state index contributed by atoms with van der Waals surface area (Å²) < 4.78 is 27.7. The van der Waals surface area contributed by atoms with Gasteiger partial charge >= 0.3 is 0 Å². The molecule has 1 N–H and O–H groups in total. The zero-order valence-corrected chi connectivity index (χ0v) is 16.9. The van der Waals surface area contributed by atoms with Gasteiger partial charge in [-0.2, -0.15) is 5.10 Å². The standard InChI is InChI=1S/C17H30N4O3S/c1-11(2)15-9-20(10-16(15)19-25(6,23)24)17(22)7-8-21-14(5)12(3)13(4)18-21/h11,15-16,19H,7-10H2,1-6H3/t15-,16+/m0/s1. The number of carbonyl (C=O) groups is 1. The van der Waals surface area contributed by atoms with E-state index >= 15 is 0 Å². The summed E-state index contributed by atoms with van der Waals surface area (Å²) >= 11 is 0. The van der Waals surface area contributed by atoms with Crippen molar-refractivity contribution in [2.24, 2.45) is 11.8 Å². The number of nitrogens with zero attached hydrogens (tertiary/aromatic N) is 3. The molecule has 1 aliphatic rings. The number of rotatable bonds is 6. The molecule has 2 atom stereocenters. The van der Waals surface area contributed by atoms with Crippen LogP contribution >= 0.6 is 0 Å². The van der Waals surface area contributed by atoms with Gasteiger partial charge in [0.2, 0.25) is 15.9 Å². The van der Waals surface area contributed by atoms with E-state index in [1.165, 1.54) is 6.26 Å². The number of hydrogen-bond acceptors (Lipinski definition) is 4. The highest BCUT2D eigenvalue weighted by atomic mass is 32.2. The van der Waals surface area contributed by atoms with E-state index in [1.54, 1.807) is 4.90 Å². The third-order valence-corrected chi connectivity index (χ3v) is 5.95. The van der Waals surface area contributed by atoms with Gasteiger partial charge in [0.05, 0.1) is 11.9 Å². The Labute approximate surface area is 150 Å².